The van der Waals surface area contributed by atoms with Gasteiger partial charge in [0.05, 0.1) is 4.92 Å². The topological polar surface area (TPSA) is 96.6 Å². The lowest BCUT2D eigenvalue weighted by atomic mass is 9.92. The van der Waals surface area contributed by atoms with Crippen molar-refractivity contribution in [3.8, 4) is 0 Å². The highest BCUT2D eigenvalue weighted by Gasteiger charge is 2.21. The summed E-state index contributed by atoms with van der Waals surface area (Å²) in [6.45, 7) is 1.63. The first-order chi connectivity index (χ1) is 9.56. The summed E-state index contributed by atoms with van der Waals surface area (Å²) < 4.78 is 0. The number of aromatic nitrogens is 1. The zero-order chi connectivity index (χ0) is 14.5. The average Bonchev–Trinajstić information content (AvgIpc) is 2.46. The van der Waals surface area contributed by atoms with Crippen LogP contribution in [0.5, 0.6) is 0 Å². The molecule has 0 bridgehead atoms. The molecule has 0 unspecified atom stereocenters. The van der Waals surface area contributed by atoms with Gasteiger partial charge in [-0.1, -0.05) is 0 Å². The molecular formula is C13H17N3O4. The Morgan fingerprint density at radius 1 is 1.45 bits per heavy atom. The first kappa shape index (κ1) is 14.2. The van der Waals surface area contributed by atoms with Crippen molar-refractivity contribution in [1.29, 1.82) is 0 Å². The first-order valence-electron chi connectivity index (χ1n) is 6.63. The molecule has 0 aliphatic carbocycles. The summed E-state index contributed by atoms with van der Waals surface area (Å²) in [6, 6.07) is 3.12. The molecule has 20 heavy (non-hydrogen) atoms. The van der Waals surface area contributed by atoms with E-state index in [1.807, 2.05) is 0 Å². The minimum atomic E-state index is -0.746. The van der Waals surface area contributed by atoms with Crippen LogP contribution in [0.4, 0.5) is 11.5 Å². The van der Waals surface area contributed by atoms with Gasteiger partial charge in [-0.3, -0.25) is 14.9 Å². The maximum Gasteiger partial charge on any atom is 0.303 e. The Hall–Kier alpha value is -2.18. The monoisotopic (exact) mass is 279 g/mol. The van der Waals surface area contributed by atoms with Crippen LogP contribution in [-0.2, 0) is 4.79 Å². The van der Waals surface area contributed by atoms with E-state index in [1.54, 1.807) is 6.07 Å². The summed E-state index contributed by atoms with van der Waals surface area (Å²) in [7, 11) is 0. The Bertz CT molecular complexity index is 481. The van der Waals surface area contributed by atoms with E-state index in [-0.39, 0.29) is 12.1 Å². The molecule has 2 rings (SSSR count). The smallest absolute Gasteiger partial charge is 0.303 e. The van der Waals surface area contributed by atoms with Crippen molar-refractivity contribution in [2.75, 3.05) is 18.0 Å². The third-order valence-electron chi connectivity index (χ3n) is 3.65. The molecule has 7 heteroatoms. The zero-order valence-electron chi connectivity index (χ0n) is 11.1. The van der Waals surface area contributed by atoms with Gasteiger partial charge in [-0.05, 0) is 31.2 Å². The van der Waals surface area contributed by atoms with E-state index < -0.39 is 10.9 Å². The number of carbonyl (C=O) groups is 1. The second kappa shape index (κ2) is 6.31. The number of piperidine rings is 1. The molecule has 2 heterocycles. The molecule has 1 N–H and O–H groups in total. The van der Waals surface area contributed by atoms with E-state index in [0.717, 1.165) is 38.2 Å². The predicted octanol–water partition coefficient (Wildman–Crippen LogP) is 2.07. The van der Waals surface area contributed by atoms with Crippen molar-refractivity contribution in [1.82, 2.24) is 4.98 Å². The normalized spacial score (nSPS) is 16.1. The number of carboxylic acids is 1. The molecule has 1 aliphatic rings. The Morgan fingerprint density at radius 2 is 2.15 bits per heavy atom. The lowest BCUT2D eigenvalue weighted by Crippen LogP contribution is -2.34. The van der Waals surface area contributed by atoms with Gasteiger partial charge in [-0.2, -0.15) is 0 Å². The van der Waals surface area contributed by atoms with Crippen LogP contribution in [-0.4, -0.2) is 34.1 Å². The highest BCUT2D eigenvalue weighted by atomic mass is 16.6. The first-order valence-corrected chi connectivity index (χ1v) is 6.63. The summed E-state index contributed by atoms with van der Waals surface area (Å²) >= 11 is 0. The maximum absolute atomic E-state index is 10.6. The fourth-order valence-corrected chi connectivity index (χ4v) is 2.45. The van der Waals surface area contributed by atoms with Crippen LogP contribution in [0.25, 0.3) is 0 Å². The van der Waals surface area contributed by atoms with E-state index in [4.69, 9.17) is 5.11 Å². The molecule has 108 valence electrons. The standard InChI is InChI=1S/C13H17N3O4/c17-13(18)4-1-10-5-7-15(8-6-10)12-3-2-11(9-14-12)16(19)20/h2-3,9-10H,1,4-8H2,(H,17,18). The maximum atomic E-state index is 10.6. The van der Waals surface area contributed by atoms with Gasteiger partial charge >= 0.3 is 5.97 Å². The van der Waals surface area contributed by atoms with Crippen LogP contribution in [0.3, 0.4) is 0 Å². The molecule has 1 aliphatic heterocycles. The molecule has 1 saturated heterocycles. The van der Waals surface area contributed by atoms with E-state index in [0.29, 0.717) is 5.92 Å². The lowest BCUT2D eigenvalue weighted by molar-refractivity contribution is -0.385. The van der Waals surface area contributed by atoms with Gasteiger partial charge in [0.15, 0.2) is 0 Å². The number of nitro groups is 1. The number of hydrogen-bond acceptors (Lipinski definition) is 5. The van der Waals surface area contributed by atoms with Gasteiger partial charge in [-0.15, -0.1) is 0 Å². The van der Waals surface area contributed by atoms with Crippen LogP contribution >= 0.6 is 0 Å². The van der Waals surface area contributed by atoms with Gasteiger partial charge in [0.1, 0.15) is 12.0 Å². The molecule has 1 aromatic rings. The third kappa shape index (κ3) is 3.66. The fourth-order valence-electron chi connectivity index (χ4n) is 2.45. The van der Waals surface area contributed by atoms with Crippen molar-refractivity contribution in [3.63, 3.8) is 0 Å². The highest BCUT2D eigenvalue weighted by molar-refractivity contribution is 5.66. The Kier molecular flexibility index (Phi) is 4.49. The van der Waals surface area contributed by atoms with Crippen molar-refractivity contribution in [2.24, 2.45) is 5.92 Å². The third-order valence-corrected chi connectivity index (χ3v) is 3.65. The number of rotatable bonds is 5. The largest absolute Gasteiger partial charge is 0.481 e. The van der Waals surface area contributed by atoms with Gasteiger partial charge in [0.25, 0.3) is 5.69 Å². The van der Waals surface area contributed by atoms with Crippen molar-refractivity contribution < 1.29 is 14.8 Å². The highest BCUT2D eigenvalue weighted by Crippen LogP contribution is 2.25. The van der Waals surface area contributed by atoms with Gasteiger partial charge < -0.3 is 10.0 Å². The molecule has 0 radical (unpaired) electrons. The second-order valence-corrected chi connectivity index (χ2v) is 4.99. The zero-order valence-corrected chi connectivity index (χ0v) is 11.1. The summed E-state index contributed by atoms with van der Waals surface area (Å²) in [4.78, 5) is 26.8. The average molecular weight is 279 g/mol. The van der Waals surface area contributed by atoms with Gasteiger partial charge in [0, 0.05) is 25.6 Å². The molecule has 0 saturated carbocycles. The Morgan fingerprint density at radius 3 is 2.65 bits per heavy atom. The SMILES string of the molecule is O=C(O)CCC1CCN(c2ccc([N+](=O)[O-])cn2)CC1. The molecule has 0 amide bonds. The summed E-state index contributed by atoms with van der Waals surface area (Å²) in [5.74, 6) is 0.442. The Labute approximate surface area is 116 Å². The van der Waals surface area contributed by atoms with Crippen LogP contribution < -0.4 is 4.90 Å². The van der Waals surface area contributed by atoms with Crippen LogP contribution in [0.1, 0.15) is 25.7 Å². The predicted molar refractivity (Wildman–Crippen MR) is 72.7 cm³/mol. The molecule has 1 fully saturated rings. The molecule has 0 atom stereocenters. The Balaban J connectivity index is 1.87. The minimum Gasteiger partial charge on any atom is -0.481 e. The number of nitrogens with zero attached hydrogens (tertiary/aromatic N) is 3. The molecule has 1 aromatic heterocycles. The quantitative estimate of drug-likeness (QED) is 0.654. The lowest BCUT2D eigenvalue weighted by Gasteiger charge is -2.32. The van der Waals surface area contributed by atoms with E-state index in [2.05, 4.69) is 9.88 Å². The van der Waals surface area contributed by atoms with Gasteiger partial charge in [-0.25, -0.2) is 4.98 Å². The van der Waals surface area contributed by atoms with Crippen molar-refractivity contribution >= 4 is 17.5 Å². The summed E-state index contributed by atoms with van der Waals surface area (Å²) in [6.07, 6.45) is 4.08. The number of carboxylic acid groups (broad SMARTS) is 1. The molecular weight excluding hydrogens is 262 g/mol. The van der Waals surface area contributed by atoms with Crippen LogP contribution in [0.15, 0.2) is 18.3 Å². The summed E-state index contributed by atoms with van der Waals surface area (Å²) in [5, 5.41) is 19.2. The number of hydrogen-bond donors (Lipinski definition) is 1. The van der Waals surface area contributed by atoms with E-state index in [9.17, 15) is 14.9 Å². The minimum absolute atomic E-state index is 0.00917. The van der Waals surface area contributed by atoms with E-state index >= 15 is 0 Å². The second-order valence-electron chi connectivity index (χ2n) is 4.99. The van der Waals surface area contributed by atoms with Crippen LogP contribution in [0, 0.1) is 16.0 Å². The van der Waals surface area contributed by atoms with Crippen molar-refractivity contribution in [3.05, 3.63) is 28.4 Å². The summed E-state index contributed by atoms with van der Waals surface area (Å²) in [5.41, 5.74) is -0.00917. The molecule has 0 aromatic carbocycles. The molecule has 7 nitrogen and oxygen atoms in total. The van der Waals surface area contributed by atoms with Gasteiger partial charge in [0.2, 0.25) is 0 Å². The number of aliphatic carboxylic acids is 1. The van der Waals surface area contributed by atoms with Crippen molar-refractivity contribution in [2.45, 2.75) is 25.7 Å². The number of pyridine rings is 1. The number of anilines is 1. The van der Waals surface area contributed by atoms with Crippen LogP contribution in [0.2, 0.25) is 0 Å². The fraction of sp³-hybridized carbons (Fsp3) is 0.538. The molecule has 0 spiro atoms. The van der Waals surface area contributed by atoms with E-state index in [1.165, 1.54) is 12.3 Å².